The molecule has 2 heteroatoms. The number of benzene rings is 1. The maximum Gasteiger partial charge on any atom is 0.0512 e. The highest BCUT2D eigenvalue weighted by Crippen LogP contribution is 2.41. The Morgan fingerprint density at radius 3 is 2.82 bits per heavy atom. The summed E-state index contributed by atoms with van der Waals surface area (Å²) in [6.45, 7) is 3.80. The molecule has 0 aliphatic heterocycles. The van der Waals surface area contributed by atoms with Gasteiger partial charge in [-0.15, -0.1) is 0 Å². The lowest BCUT2D eigenvalue weighted by molar-refractivity contribution is 0.181. The zero-order valence-corrected chi connectivity index (χ0v) is 10.7. The third-order valence-corrected chi connectivity index (χ3v) is 3.36. The van der Waals surface area contributed by atoms with Crippen LogP contribution in [0, 0.1) is 0 Å². The van der Waals surface area contributed by atoms with Crippen LogP contribution in [-0.2, 0) is 6.54 Å². The highest BCUT2D eigenvalue weighted by molar-refractivity contribution is 5.33. The van der Waals surface area contributed by atoms with Crippen molar-refractivity contribution in [3.05, 3.63) is 35.4 Å². The summed E-state index contributed by atoms with van der Waals surface area (Å²) in [4.78, 5) is 0. The van der Waals surface area contributed by atoms with Crippen molar-refractivity contribution in [3.8, 4) is 0 Å². The lowest BCUT2D eigenvalue weighted by Crippen LogP contribution is -2.17. The third-order valence-electron chi connectivity index (χ3n) is 3.36. The van der Waals surface area contributed by atoms with Crippen LogP contribution < -0.4 is 5.32 Å². The van der Waals surface area contributed by atoms with Crippen molar-refractivity contribution < 1.29 is 5.11 Å². The molecule has 1 atom stereocenters. The molecule has 1 aliphatic carbocycles. The fourth-order valence-corrected chi connectivity index (χ4v) is 2.23. The minimum Gasteiger partial charge on any atom is -0.393 e. The molecular weight excluding hydrogens is 210 g/mol. The molecular formula is C15H23NO. The largest absolute Gasteiger partial charge is 0.393 e. The molecule has 1 aromatic rings. The van der Waals surface area contributed by atoms with E-state index in [-0.39, 0.29) is 6.10 Å². The molecule has 0 radical (unpaired) electrons. The number of aliphatic hydroxyl groups excluding tert-OH is 1. The van der Waals surface area contributed by atoms with E-state index in [9.17, 15) is 0 Å². The van der Waals surface area contributed by atoms with E-state index in [1.54, 1.807) is 0 Å². The van der Waals surface area contributed by atoms with Crippen LogP contribution in [0.15, 0.2) is 24.3 Å². The van der Waals surface area contributed by atoms with Crippen LogP contribution >= 0.6 is 0 Å². The van der Waals surface area contributed by atoms with Gasteiger partial charge in [-0.05, 0) is 56.2 Å². The fourth-order valence-electron chi connectivity index (χ4n) is 2.23. The molecule has 1 aliphatic rings. The molecule has 1 aromatic carbocycles. The molecule has 2 rings (SSSR count). The van der Waals surface area contributed by atoms with E-state index < -0.39 is 0 Å². The zero-order valence-electron chi connectivity index (χ0n) is 10.7. The highest BCUT2D eigenvalue weighted by Gasteiger charge is 2.25. The standard InChI is InChI=1S/C15H23NO/c1-12(17)5-4-10-16-11-14-6-2-3-7-15(14)13-8-9-13/h2-3,6-7,12-13,16-17H,4-5,8-11H2,1H3. The van der Waals surface area contributed by atoms with Crippen molar-refractivity contribution in [1.82, 2.24) is 5.32 Å². The van der Waals surface area contributed by atoms with Gasteiger partial charge in [0.15, 0.2) is 0 Å². The molecule has 0 bridgehead atoms. The van der Waals surface area contributed by atoms with E-state index in [1.807, 2.05) is 6.92 Å². The van der Waals surface area contributed by atoms with Crippen LogP contribution in [0.2, 0.25) is 0 Å². The molecule has 2 N–H and O–H groups in total. The summed E-state index contributed by atoms with van der Waals surface area (Å²) in [5, 5.41) is 12.6. The monoisotopic (exact) mass is 233 g/mol. The maximum absolute atomic E-state index is 9.17. The first-order chi connectivity index (χ1) is 8.27. The van der Waals surface area contributed by atoms with Gasteiger partial charge in [-0.3, -0.25) is 0 Å². The molecule has 1 unspecified atom stereocenters. The van der Waals surface area contributed by atoms with E-state index in [1.165, 1.54) is 24.0 Å². The van der Waals surface area contributed by atoms with Gasteiger partial charge in [0.2, 0.25) is 0 Å². The third kappa shape index (κ3) is 4.14. The second-order valence-corrected chi connectivity index (χ2v) is 5.14. The lowest BCUT2D eigenvalue weighted by atomic mass is 10.0. The predicted molar refractivity (Wildman–Crippen MR) is 71.0 cm³/mol. The molecule has 17 heavy (non-hydrogen) atoms. The summed E-state index contributed by atoms with van der Waals surface area (Å²) < 4.78 is 0. The van der Waals surface area contributed by atoms with Gasteiger partial charge in [-0.2, -0.15) is 0 Å². The van der Waals surface area contributed by atoms with E-state index in [2.05, 4.69) is 29.6 Å². The SMILES string of the molecule is CC(O)CCCNCc1ccccc1C1CC1. The predicted octanol–water partition coefficient (Wildman–Crippen LogP) is 2.81. The van der Waals surface area contributed by atoms with E-state index in [4.69, 9.17) is 5.11 Å². The molecule has 0 saturated heterocycles. The van der Waals surface area contributed by atoms with Gasteiger partial charge in [0, 0.05) is 6.54 Å². The maximum atomic E-state index is 9.17. The summed E-state index contributed by atoms with van der Waals surface area (Å²) >= 11 is 0. The van der Waals surface area contributed by atoms with Crippen LogP contribution in [0.3, 0.4) is 0 Å². The van der Waals surface area contributed by atoms with Gasteiger partial charge in [-0.25, -0.2) is 0 Å². The second kappa shape index (κ2) is 6.18. The molecule has 0 aromatic heterocycles. The Morgan fingerprint density at radius 2 is 2.12 bits per heavy atom. The molecule has 0 spiro atoms. The van der Waals surface area contributed by atoms with Crippen molar-refractivity contribution in [2.45, 2.75) is 51.2 Å². The van der Waals surface area contributed by atoms with Crippen molar-refractivity contribution in [2.24, 2.45) is 0 Å². The van der Waals surface area contributed by atoms with Crippen molar-refractivity contribution >= 4 is 0 Å². The van der Waals surface area contributed by atoms with Crippen molar-refractivity contribution in [3.63, 3.8) is 0 Å². The van der Waals surface area contributed by atoms with Gasteiger partial charge in [0.25, 0.3) is 0 Å². The van der Waals surface area contributed by atoms with Crippen LogP contribution in [0.1, 0.15) is 49.7 Å². The highest BCUT2D eigenvalue weighted by atomic mass is 16.3. The Morgan fingerprint density at radius 1 is 1.35 bits per heavy atom. The first-order valence-corrected chi connectivity index (χ1v) is 6.74. The van der Waals surface area contributed by atoms with Crippen molar-refractivity contribution in [2.75, 3.05) is 6.54 Å². The van der Waals surface area contributed by atoms with Crippen LogP contribution in [0.5, 0.6) is 0 Å². The van der Waals surface area contributed by atoms with Crippen LogP contribution in [0.4, 0.5) is 0 Å². The van der Waals surface area contributed by atoms with Gasteiger partial charge >= 0.3 is 0 Å². The fraction of sp³-hybridized carbons (Fsp3) is 0.600. The minimum absolute atomic E-state index is 0.171. The Labute approximate surface area is 104 Å². The second-order valence-electron chi connectivity index (χ2n) is 5.14. The van der Waals surface area contributed by atoms with E-state index in [0.717, 1.165) is 31.8 Å². The van der Waals surface area contributed by atoms with Gasteiger partial charge < -0.3 is 10.4 Å². The average molecular weight is 233 g/mol. The smallest absolute Gasteiger partial charge is 0.0512 e. The Balaban J connectivity index is 1.75. The lowest BCUT2D eigenvalue weighted by Gasteiger charge is -2.10. The van der Waals surface area contributed by atoms with E-state index >= 15 is 0 Å². The summed E-state index contributed by atoms with van der Waals surface area (Å²) in [6.07, 6.45) is 4.48. The quantitative estimate of drug-likeness (QED) is 0.710. The molecule has 1 fully saturated rings. The topological polar surface area (TPSA) is 32.3 Å². The number of aliphatic hydroxyl groups is 1. The first kappa shape index (κ1) is 12.6. The zero-order chi connectivity index (χ0) is 12.1. The first-order valence-electron chi connectivity index (χ1n) is 6.74. The van der Waals surface area contributed by atoms with Gasteiger partial charge in [0.1, 0.15) is 0 Å². The molecule has 94 valence electrons. The number of hydrogen-bond acceptors (Lipinski definition) is 2. The Kier molecular flexibility index (Phi) is 4.57. The van der Waals surface area contributed by atoms with E-state index in [0.29, 0.717) is 0 Å². The summed E-state index contributed by atoms with van der Waals surface area (Å²) in [5.74, 6) is 0.825. The van der Waals surface area contributed by atoms with Gasteiger partial charge in [0.05, 0.1) is 6.10 Å². The number of nitrogens with one attached hydrogen (secondary N) is 1. The Bertz CT molecular complexity index is 345. The molecule has 0 heterocycles. The molecule has 2 nitrogen and oxygen atoms in total. The summed E-state index contributed by atoms with van der Waals surface area (Å²) in [6, 6.07) is 8.77. The normalized spacial score (nSPS) is 17.1. The Hall–Kier alpha value is -0.860. The van der Waals surface area contributed by atoms with Crippen LogP contribution in [-0.4, -0.2) is 17.8 Å². The van der Waals surface area contributed by atoms with Crippen LogP contribution in [0.25, 0.3) is 0 Å². The number of hydrogen-bond donors (Lipinski definition) is 2. The average Bonchev–Trinajstić information content (AvgIpc) is 3.13. The summed E-state index contributed by atoms with van der Waals surface area (Å²) in [5.41, 5.74) is 2.99. The molecule has 0 amide bonds. The summed E-state index contributed by atoms with van der Waals surface area (Å²) in [7, 11) is 0. The minimum atomic E-state index is -0.171. The van der Waals surface area contributed by atoms with Crippen molar-refractivity contribution in [1.29, 1.82) is 0 Å². The number of rotatable bonds is 7. The molecule has 1 saturated carbocycles. The van der Waals surface area contributed by atoms with Gasteiger partial charge in [-0.1, -0.05) is 24.3 Å².